The molecular formula is C32H40N6O4. The maximum atomic E-state index is 10.8. The standard InChI is InChI=1S/C32H40N6O4/c1-24(7-10-36-16-19-41-20-17-36)42-32-33-29-23-38(30-22-26(40)21-25-5-2-3-6-27(25)30)11-8-28(29)31(34-32)37-14-12-35(13-15-37)9-4-18-39/h2-6,9,18,21-22,24,40H,7-8,10-17,19-20,23H2,1H3/t24-/m0/s1. The van der Waals surface area contributed by atoms with E-state index in [4.69, 9.17) is 19.4 Å². The highest BCUT2D eigenvalue weighted by Gasteiger charge is 2.28. The van der Waals surface area contributed by atoms with Crippen LogP contribution in [0, 0.1) is 0 Å². The Balaban J connectivity index is 1.26. The number of benzene rings is 2. The molecular weight excluding hydrogens is 532 g/mol. The van der Waals surface area contributed by atoms with Crippen molar-refractivity contribution in [3.63, 3.8) is 0 Å². The van der Waals surface area contributed by atoms with E-state index in [0.29, 0.717) is 12.6 Å². The largest absolute Gasteiger partial charge is 0.508 e. The number of aldehydes is 1. The Labute approximate surface area is 247 Å². The molecule has 42 heavy (non-hydrogen) atoms. The van der Waals surface area contributed by atoms with E-state index in [1.165, 1.54) is 5.56 Å². The Hall–Kier alpha value is -3.89. The number of aromatic hydroxyl groups is 1. The molecule has 0 unspecified atom stereocenters. The van der Waals surface area contributed by atoms with Crippen molar-refractivity contribution >= 4 is 28.6 Å². The van der Waals surface area contributed by atoms with E-state index in [0.717, 1.165) is 113 Å². The molecule has 222 valence electrons. The van der Waals surface area contributed by atoms with Gasteiger partial charge in [0.15, 0.2) is 0 Å². The van der Waals surface area contributed by atoms with E-state index in [2.05, 4.69) is 32.6 Å². The summed E-state index contributed by atoms with van der Waals surface area (Å²) in [6.07, 6.45) is 5.89. The third-order valence-electron chi connectivity index (χ3n) is 8.44. The van der Waals surface area contributed by atoms with Crippen LogP contribution < -0.4 is 14.5 Å². The van der Waals surface area contributed by atoms with Crippen molar-refractivity contribution in [1.29, 1.82) is 0 Å². The minimum atomic E-state index is -0.0289. The van der Waals surface area contributed by atoms with Crippen LogP contribution in [0.2, 0.25) is 0 Å². The lowest BCUT2D eigenvalue weighted by atomic mass is 10.0. The Morgan fingerprint density at radius 1 is 1.02 bits per heavy atom. The van der Waals surface area contributed by atoms with Gasteiger partial charge in [0.05, 0.1) is 25.5 Å². The lowest BCUT2D eigenvalue weighted by Gasteiger charge is -2.38. The molecule has 0 saturated carbocycles. The van der Waals surface area contributed by atoms with Crippen LogP contribution in [0.15, 0.2) is 48.7 Å². The van der Waals surface area contributed by atoms with E-state index in [9.17, 15) is 9.90 Å². The van der Waals surface area contributed by atoms with Gasteiger partial charge in [-0.3, -0.25) is 9.69 Å². The Morgan fingerprint density at radius 2 is 1.83 bits per heavy atom. The minimum Gasteiger partial charge on any atom is -0.508 e. The van der Waals surface area contributed by atoms with Crippen molar-refractivity contribution < 1.29 is 19.4 Å². The fraction of sp³-hybridized carbons (Fsp3) is 0.469. The van der Waals surface area contributed by atoms with Crippen LogP contribution in [-0.4, -0.2) is 103 Å². The van der Waals surface area contributed by atoms with Gasteiger partial charge in [0.1, 0.15) is 24.0 Å². The molecule has 2 aromatic carbocycles. The molecule has 1 aromatic heterocycles. The summed E-state index contributed by atoms with van der Waals surface area (Å²) in [6.45, 7) is 11.2. The lowest BCUT2D eigenvalue weighted by molar-refractivity contribution is -0.104. The predicted octanol–water partition coefficient (Wildman–Crippen LogP) is 3.22. The number of carbonyl (C=O) groups excluding carboxylic acids is 1. The van der Waals surface area contributed by atoms with Crippen LogP contribution in [0.3, 0.4) is 0 Å². The fourth-order valence-corrected chi connectivity index (χ4v) is 6.11. The van der Waals surface area contributed by atoms with Crippen LogP contribution in [0.25, 0.3) is 10.8 Å². The van der Waals surface area contributed by atoms with Crippen molar-refractivity contribution in [2.75, 3.05) is 75.4 Å². The average molecular weight is 573 g/mol. The Bertz CT molecular complexity index is 1420. The summed E-state index contributed by atoms with van der Waals surface area (Å²) in [5, 5.41) is 12.6. The number of piperazine rings is 1. The zero-order valence-corrected chi connectivity index (χ0v) is 24.3. The molecule has 3 aliphatic rings. The van der Waals surface area contributed by atoms with Gasteiger partial charge in [0, 0.05) is 81.3 Å². The van der Waals surface area contributed by atoms with Gasteiger partial charge in [0.2, 0.25) is 0 Å². The highest BCUT2D eigenvalue weighted by molar-refractivity contribution is 5.95. The van der Waals surface area contributed by atoms with Crippen molar-refractivity contribution in [1.82, 2.24) is 19.8 Å². The minimum absolute atomic E-state index is 0.0289. The number of nitrogens with zero attached hydrogens (tertiary/aromatic N) is 6. The number of hydrogen-bond donors (Lipinski definition) is 1. The van der Waals surface area contributed by atoms with Gasteiger partial charge in [-0.25, -0.2) is 0 Å². The molecule has 10 nitrogen and oxygen atoms in total. The van der Waals surface area contributed by atoms with Gasteiger partial charge in [-0.1, -0.05) is 24.3 Å². The Kier molecular flexibility index (Phi) is 8.71. The molecule has 0 spiro atoms. The molecule has 0 bridgehead atoms. The number of aromatic nitrogens is 2. The van der Waals surface area contributed by atoms with Crippen LogP contribution in [-0.2, 0) is 22.5 Å². The van der Waals surface area contributed by atoms with Crippen LogP contribution in [0.1, 0.15) is 24.6 Å². The first-order valence-corrected chi connectivity index (χ1v) is 15.0. The van der Waals surface area contributed by atoms with Gasteiger partial charge in [-0.2, -0.15) is 9.97 Å². The molecule has 4 heterocycles. The van der Waals surface area contributed by atoms with Crippen LogP contribution in [0.5, 0.6) is 11.8 Å². The van der Waals surface area contributed by atoms with Gasteiger partial charge in [0.25, 0.3) is 0 Å². The average Bonchev–Trinajstić information content (AvgIpc) is 3.02. The molecule has 6 rings (SSSR count). The van der Waals surface area contributed by atoms with Crippen LogP contribution in [0.4, 0.5) is 11.5 Å². The summed E-state index contributed by atoms with van der Waals surface area (Å²) < 4.78 is 11.9. The highest BCUT2D eigenvalue weighted by Crippen LogP contribution is 2.36. The maximum Gasteiger partial charge on any atom is 0.318 e. The monoisotopic (exact) mass is 572 g/mol. The number of phenols is 1. The summed E-state index contributed by atoms with van der Waals surface area (Å²) in [6, 6.07) is 12.3. The Morgan fingerprint density at radius 3 is 2.64 bits per heavy atom. The van der Waals surface area contributed by atoms with Gasteiger partial charge >= 0.3 is 6.01 Å². The van der Waals surface area contributed by atoms with Crippen molar-refractivity contribution in [3.8, 4) is 11.8 Å². The number of morpholine rings is 1. The van der Waals surface area contributed by atoms with Crippen molar-refractivity contribution in [3.05, 3.63) is 59.9 Å². The topological polar surface area (TPSA) is 94.5 Å². The van der Waals surface area contributed by atoms with E-state index in [-0.39, 0.29) is 11.9 Å². The zero-order chi connectivity index (χ0) is 28.9. The molecule has 10 heteroatoms. The maximum absolute atomic E-state index is 10.8. The van der Waals surface area contributed by atoms with E-state index in [1.807, 2.05) is 36.5 Å². The van der Waals surface area contributed by atoms with E-state index >= 15 is 0 Å². The molecule has 0 aliphatic carbocycles. The second kappa shape index (κ2) is 13.0. The summed E-state index contributed by atoms with van der Waals surface area (Å²) in [4.78, 5) is 30.0. The van der Waals surface area contributed by atoms with Gasteiger partial charge in [-0.15, -0.1) is 0 Å². The number of anilines is 2. The number of fused-ring (bicyclic) bond motifs is 2. The molecule has 0 amide bonds. The first kappa shape index (κ1) is 28.2. The smallest absolute Gasteiger partial charge is 0.318 e. The summed E-state index contributed by atoms with van der Waals surface area (Å²) >= 11 is 0. The SMILES string of the molecule is C[C@@H](CCN1CCOCC1)Oc1nc2c(c(N3CCN(C=CC=O)CC3)n1)CCN(c1cc(O)cc3ccccc13)C2. The lowest BCUT2D eigenvalue weighted by Crippen LogP contribution is -2.45. The quantitative estimate of drug-likeness (QED) is 0.304. The van der Waals surface area contributed by atoms with E-state index < -0.39 is 0 Å². The molecule has 1 atom stereocenters. The second-order valence-corrected chi connectivity index (χ2v) is 11.3. The molecule has 3 aliphatic heterocycles. The number of allylic oxidation sites excluding steroid dienone is 1. The number of hydrogen-bond acceptors (Lipinski definition) is 10. The molecule has 1 N–H and O–H groups in total. The number of carbonyl (C=O) groups is 1. The third-order valence-corrected chi connectivity index (χ3v) is 8.44. The highest BCUT2D eigenvalue weighted by atomic mass is 16.5. The number of ether oxygens (including phenoxy) is 2. The van der Waals surface area contributed by atoms with Crippen LogP contribution >= 0.6 is 0 Å². The third kappa shape index (κ3) is 6.44. The first-order chi connectivity index (χ1) is 20.6. The van der Waals surface area contributed by atoms with Gasteiger partial charge < -0.3 is 29.3 Å². The second-order valence-electron chi connectivity index (χ2n) is 11.3. The normalized spacial score (nSPS) is 18.8. The summed E-state index contributed by atoms with van der Waals surface area (Å²) in [5.41, 5.74) is 3.14. The predicted molar refractivity (Wildman–Crippen MR) is 163 cm³/mol. The zero-order valence-electron chi connectivity index (χ0n) is 24.3. The summed E-state index contributed by atoms with van der Waals surface area (Å²) in [7, 11) is 0. The molecule has 2 fully saturated rings. The number of rotatable bonds is 9. The number of phenolic OH excluding ortho intramolecular Hbond substituents is 1. The summed E-state index contributed by atoms with van der Waals surface area (Å²) in [5.74, 6) is 1.22. The molecule has 2 saturated heterocycles. The molecule has 0 radical (unpaired) electrons. The van der Waals surface area contributed by atoms with Crippen molar-refractivity contribution in [2.24, 2.45) is 0 Å². The first-order valence-electron chi connectivity index (χ1n) is 15.0. The van der Waals surface area contributed by atoms with Gasteiger partial charge in [-0.05, 0) is 37.3 Å². The fourth-order valence-electron chi connectivity index (χ4n) is 6.11. The van der Waals surface area contributed by atoms with Crippen molar-refractivity contribution in [2.45, 2.75) is 32.4 Å². The molecule has 3 aromatic rings. The van der Waals surface area contributed by atoms with E-state index in [1.54, 1.807) is 6.08 Å².